The molecule has 0 saturated carbocycles. The first-order valence-corrected chi connectivity index (χ1v) is 11.6. The van der Waals surface area contributed by atoms with Gasteiger partial charge in [0.2, 0.25) is 0 Å². The van der Waals surface area contributed by atoms with E-state index in [4.69, 9.17) is 14.7 Å². The molecular formula is C29H25BN3O2-. The highest BCUT2D eigenvalue weighted by Gasteiger charge is 2.40. The number of hydrogen-bond acceptors (Lipinski definition) is 5. The average Bonchev–Trinajstić information content (AvgIpc) is 2.93. The summed E-state index contributed by atoms with van der Waals surface area (Å²) in [7, 11) is 1.64. The zero-order valence-electron chi connectivity index (χ0n) is 19.7. The van der Waals surface area contributed by atoms with E-state index >= 15 is 0 Å². The minimum absolute atomic E-state index is 0.142. The Morgan fingerprint density at radius 1 is 0.743 bits per heavy atom. The molecule has 1 aliphatic rings. The van der Waals surface area contributed by atoms with Crippen molar-refractivity contribution < 1.29 is 9.53 Å². The van der Waals surface area contributed by atoms with Crippen LogP contribution in [-0.4, -0.2) is 30.7 Å². The van der Waals surface area contributed by atoms with Crippen molar-refractivity contribution in [2.24, 2.45) is 10.0 Å². The van der Waals surface area contributed by atoms with Crippen LogP contribution in [0.25, 0.3) is 0 Å². The molecule has 0 bridgehead atoms. The molecule has 0 atom stereocenters. The first-order valence-electron chi connectivity index (χ1n) is 11.6. The van der Waals surface area contributed by atoms with Crippen molar-refractivity contribution in [2.75, 3.05) is 12.0 Å². The lowest BCUT2D eigenvalue weighted by molar-refractivity contribution is -0.110. The summed E-state index contributed by atoms with van der Waals surface area (Å²) < 4.78 is 5.38. The Balaban J connectivity index is 1.86. The van der Waals surface area contributed by atoms with Gasteiger partial charge < -0.3 is 14.6 Å². The second-order valence-electron chi connectivity index (χ2n) is 8.49. The first kappa shape index (κ1) is 22.4. The van der Waals surface area contributed by atoms with Crippen LogP contribution in [0.4, 0.5) is 5.69 Å². The summed E-state index contributed by atoms with van der Waals surface area (Å²) in [5.74, 6) is 0.601. The summed E-state index contributed by atoms with van der Waals surface area (Å²) in [5.41, 5.74) is 4.58. The molecular weight excluding hydrogens is 433 g/mol. The van der Waals surface area contributed by atoms with E-state index in [1.807, 2.05) is 95.9 Å². The largest absolute Gasteiger partial charge is 0.497 e. The fourth-order valence-electron chi connectivity index (χ4n) is 4.66. The van der Waals surface area contributed by atoms with Gasteiger partial charge in [0, 0.05) is 12.6 Å². The van der Waals surface area contributed by atoms with Crippen LogP contribution in [0.3, 0.4) is 0 Å². The molecule has 0 aliphatic carbocycles. The third kappa shape index (κ3) is 4.04. The second kappa shape index (κ2) is 9.43. The summed E-state index contributed by atoms with van der Waals surface area (Å²) in [4.78, 5) is 20.3. The standard InChI is InChI=1S/C29H25BN3O2/c1-22(34)28-29(23-12-6-3-7-13-23)31-30(24-14-8-4-9-15-24,25-16-10-5-11-17-25)33(32-28)26-18-20-27(35-2)21-19-26/h3-21H,1-2H3/q-1. The lowest BCUT2D eigenvalue weighted by atomic mass is 9.36. The van der Waals surface area contributed by atoms with Crippen LogP contribution in [0.2, 0.25) is 0 Å². The number of carbonyl (C=O) groups is 1. The van der Waals surface area contributed by atoms with Gasteiger partial charge in [-0.2, -0.15) is 10.9 Å². The van der Waals surface area contributed by atoms with Gasteiger partial charge in [0.05, 0.1) is 12.8 Å². The van der Waals surface area contributed by atoms with E-state index in [0.29, 0.717) is 11.4 Å². The van der Waals surface area contributed by atoms with Crippen molar-refractivity contribution in [3.05, 3.63) is 121 Å². The second-order valence-corrected chi connectivity index (χ2v) is 8.49. The Bertz CT molecular complexity index is 1350. The van der Waals surface area contributed by atoms with Crippen LogP contribution in [0.1, 0.15) is 12.5 Å². The van der Waals surface area contributed by atoms with Gasteiger partial charge in [-0.1, -0.05) is 91.0 Å². The maximum Gasteiger partial charge on any atom is 0.274 e. The highest BCUT2D eigenvalue weighted by molar-refractivity contribution is 7.05. The molecule has 4 aromatic carbocycles. The Morgan fingerprint density at radius 2 is 1.26 bits per heavy atom. The smallest absolute Gasteiger partial charge is 0.274 e. The quantitative estimate of drug-likeness (QED) is 0.407. The number of hydrogen-bond donors (Lipinski definition) is 0. The van der Waals surface area contributed by atoms with Crippen molar-refractivity contribution in [1.29, 1.82) is 0 Å². The fraction of sp³-hybridized carbons (Fsp3) is 0.0690. The van der Waals surface area contributed by atoms with Crippen LogP contribution >= 0.6 is 0 Å². The summed E-state index contributed by atoms with van der Waals surface area (Å²) in [6.45, 7) is 1.54. The van der Waals surface area contributed by atoms with E-state index in [9.17, 15) is 4.79 Å². The number of nitrogens with zero attached hydrogens (tertiary/aromatic N) is 3. The number of benzene rings is 4. The van der Waals surface area contributed by atoms with Crippen LogP contribution < -0.4 is 20.6 Å². The van der Waals surface area contributed by atoms with E-state index in [1.54, 1.807) is 7.11 Å². The third-order valence-corrected chi connectivity index (χ3v) is 6.35. The molecule has 35 heavy (non-hydrogen) atoms. The normalized spacial score (nSPS) is 14.6. The van der Waals surface area contributed by atoms with Crippen molar-refractivity contribution in [3.8, 4) is 5.75 Å². The highest BCUT2D eigenvalue weighted by Crippen LogP contribution is 2.29. The van der Waals surface area contributed by atoms with Crippen LogP contribution in [0.5, 0.6) is 5.75 Å². The maximum absolute atomic E-state index is 12.9. The van der Waals surface area contributed by atoms with E-state index in [-0.39, 0.29) is 5.78 Å². The SMILES string of the molecule is COc1ccc(N2N=C(C(C)=O)C(c3ccccc3)=N[B-]2(c2ccccc2)c2ccccc2)cc1. The molecule has 5 rings (SSSR count). The molecule has 1 heterocycles. The van der Waals surface area contributed by atoms with Gasteiger partial charge in [0.1, 0.15) is 11.5 Å². The van der Waals surface area contributed by atoms with E-state index < -0.39 is 6.42 Å². The van der Waals surface area contributed by atoms with Crippen LogP contribution in [-0.2, 0) is 4.79 Å². The molecule has 4 aromatic rings. The van der Waals surface area contributed by atoms with Gasteiger partial charge in [0.15, 0.2) is 5.78 Å². The molecule has 0 aromatic heterocycles. The number of anilines is 1. The summed E-state index contributed by atoms with van der Waals surface area (Å²) in [6, 6.07) is 37.8. The van der Waals surface area contributed by atoms with Gasteiger partial charge in [0.25, 0.3) is 6.42 Å². The fourth-order valence-corrected chi connectivity index (χ4v) is 4.66. The van der Waals surface area contributed by atoms with E-state index in [0.717, 1.165) is 27.9 Å². The predicted octanol–water partition coefficient (Wildman–Crippen LogP) is 4.21. The number of ether oxygens (including phenoxy) is 1. The Labute approximate surface area is 205 Å². The van der Waals surface area contributed by atoms with Gasteiger partial charge in [-0.25, -0.2) is 5.10 Å². The summed E-state index contributed by atoms with van der Waals surface area (Å²) in [6.07, 6.45) is -1.98. The molecule has 0 fully saturated rings. The number of hydrazone groups is 1. The Kier molecular flexibility index (Phi) is 6.02. The third-order valence-electron chi connectivity index (χ3n) is 6.35. The summed E-state index contributed by atoms with van der Waals surface area (Å²) >= 11 is 0. The van der Waals surface area contributed by atoms with Gasteiger partial charge in [-0.15, -0.1) is 0 Å². The van der Waals surface area contributed by atoms with Crippen LogP contribution in [0, 0.1) is 0 Å². The van der Waals surface area contributed by atoms with Crippen LogP contribution in [0.15, 0.2) is 125 Å². The predicted molar refractivity (Wildman–Crippen MR) is 144 cm³/mol. The van der Waals surface area contributed by atoms with Crippen molar-refractivity contribution >= 4 is 40.2 Å². The molecule has 172 valence electrons. The van der Waals surface area contributed by atoms with E-state index in [1.165, 1.54) is 6.92 Å². The minimum Gasteiger partial charge on any atom is -0.497 e. The number of Topliss-reactive ketones (excluding diaryl/α,β-unsaturated/α-hetero) is 1. The molecule has 0 unspecified atom stereocenters. The monoisotopic (exact) mass is 458 g/mol. The zero-order valence-corrected chi connectivity index (χ0v) is 19.7. The number of methoxy groups -OCH3 is 1. The molecule has 0 amide bonds. The lowest BCUT2D eigenvalue weighted by Crippen LogP contribution is -2.70. The maximum atomic E-state index is 12.9. The van der Waals surface area contributed by atoms with E-state index in [2.05, 4.69) is 24.3 Å². The molecule has 0 radical (unpaired) electrons. The molecule has 0 N–H and O–H groups in total. The molecule has 1 aliphatic heterocycles. The Hall–Kier alpha value is -4.45. The highest BCUT2D eigenvalue weighted by atomic mass is 16.5. The van der Waals surface area contributed by atoms with Gasteiger partial charge in [-0.3, -0.25) is 4.79 Å². The van der Waals surface area contributed by atoms with Crippen molar-refractivity contribution in [1.82, 2.24) is 0 Å². The number of rotatable bonds is 6. The minimum atomic E-state index is -1.98. The molecule has 5 nitrogen and oxygen atoms in total. The number of carbonyl (C=O) groups excluding carboxylic acids is 1. The topological polar surface area (TPSA) is 54.3 Å². The zero-order chi connectivity index (χ0) is 24.3. The first-order chi connectivity index (χ1) is 17.1. The van der Waals surface area contributed by atoms with Crippen molar-refractivity contribution in [2.45, 2.75) is 6.92 Å². The lowest BCUT2D eigenvalue weighted by Gasteiger charge is -2.50. The number of ketones is 1. The van der Waals surface area contributed by atoms with Crippen molar-refractivity contribution in [3.63, 3.8) is 0 Å². The van der Waals surface area contributed by atoms with Gasteiger partial charge >= 0.3 is 0 Å². The molecule has 0 saturated heterocycles. The molecule has 0 spiro atoms. The average molecular weight is 458 g/mol. The summed E-state index contributed by atoms with van der Waals surface area (Å²) in [5, 5.41) is 5.03. The Morgan fingerprint density at radius 3 is 1.74 bits per heavy atom. The van der Waals surface area contributed by atoms with Gasteiger partial charge in [-0.05, 0) is 29.8 Å². The molecule has 6 heteroatoms.